The lowest BCUT2D eigenvalue weighted by atomic mass is 9.75. The number of likely N-dealkylation sites (N-methyl/N-ethyl adjacent to an activating group) is 1. The fourth-order valence-corrected chi connectivity index (χ4v) is 3.91. The smallest absolute Gasteiger partial charge is 0.240 e. The molecule has 0 bridgehead atoms. The molecule has 0 radical (unpaired) electrons. The van der Waals surface area contributed by atoms with Crippen LogP contribution in [-0.2, 0) is 9.53 Å². The van der Waals surface area contributed by atoms with Gasteiger partial charge in [-0.1, -0.05) is 27.2 Å². The van der Waals surface area contributed by atoms with Crippen LogP contribution in [0.4, 0.5) is 0 Å². The van der Waals surface area contributed by atoms with Gasteiger partial charge in [0.25, 0.3) is 0 Å². The Hall–Kier alpha value is -0.610. The minimum absolute atomic E-state index is 0.263. The summed E-state index contributed by atoms with van der Waals surface area (Å²) in [5, 5.41) is 3.17. The molecule has 0 aromatic heterocycles. The van der Waals surface area contributed by atoms with Crippen molar-refractivity contribution < 1.29 is 9.53 Å². The molecule has 2 aliphatic carbocycles. The van der Waals surface area contributed by atoms with Crippen molar-refractivity contribution >= 4 is 5.91 Å². The van der Waals surface area contributed by atoms with Gasteiger partial charge >= 0.3 is 0 Å². The Morgan fingerprint density at radius 1 is 1.33 bits per heavy atom. The molecule has 0 spiro atoms. The van der Waals surface area contributed by atoms with E-state index in [0.717, 1.165) is 19.3 Å². The Bertz CT molecular complexity index is 368. The molecular formula is C17H32N2O2. The van der Waals surface area contributed by atoms with Crippen LogP contribution < -0.4 is 11.1 Å². The monoisotopic (exact) mass is 296 g/mol. The van der Waals surface area contributed by atoms with Crippen molar-refractivity contribution in [3.05, 3.63) is 0 Å². The highest BCUT2D eigenvalue weighted by molar-refractivity contribution is 5.85. The highest BCUT2D eigenvalue weighted by Gasteiger charge is 2.50. The minimum Gasteiger partial charge on any atom is -0.375 e. The second-order valence-corrected chi connectivity index (χ2v) is 7.54. The molecule has 122 valence electrons. The fourth-order valence-electron chi connectivity index (χ4n) is 3.91. The lowest BCUT2D eigenvalue weighted by molar-refractivity contribution is -0.132. The van der Waals surface area contributed by atoms with Crippen molar-refractivity contribution in [2.45, 2.75) is 64.5 Å². The highest BCUT2D eigenvalue weighted by atomic mass is 16.5. The zero-order valence-corrected chi connectivity index (χ0v) is 14.0. The summed E-state index contributed by atoms with van der Waals surface area (Å²) in [6, 6.07) is 0. The molecule has 2 saturated carbocycles. The molecule has 21 heavy (non-hydrogen) atoms. The summed E-state index contributed by atoms with van der Waals surface area (Å²) < 4.78 is 6.28. The molecule has 4 unspecified atom stereocenters. The van der Waals surface area contributed by atoms with Gasteiger partial charge in [-0.2, -0.15) is 0 Å². The van der Waals surface area contributed by atoms with Gasteiger partial charge in [-0.15, -0.1) is 0 Å². The second-order valence-electron chi connectivity index (χ2n) is 7.54. The number of hydrogen-bond acceptors (Lipinski definition) is 3. The van der Waals surface area contributed by atoms with Gasteiger partial charge in [-0.25, -0.2) is 0 Å². The molecular weight excluding hydrogens is 264 g/mol. The SMILES string of the molecule is CNC(COC1CC(C)CCC1C(C)C)(C(N)=O)C1CC1. The first-order valence-electron chi connectivity index (χ1n) is 8.51. The molecule has 0 aromatic rings. The molecule has 0 aromatic carbocycles. The summed E-state index contributed by atoms with van der Waals surface area (Å²) >= 11 is 0. The van der Waals surface area contributed by atoms with E-state index in [1.54, 1.807) is 0 Å². The van der Waals surface area contributed by atoms with Gasteiger partial charge in [-0.3, -0.25) is 4.79 Å². The zero-order chi connectivity index (χ0) is 15.6. The molecule has 2 fully saturated rings. The standard InChI is InChI=1S/C17H32N2O2/c1-11(2)14-8-5-12(3)9-15(14)21-10-17(19-4,16(18)20)13-6-7-13/h11-15,19H,5-10H2,1-4H3,(H2,18,20). The predicted molar refractivity (Wildman–Crippen MR) is 84.8 cm³/mol. The lowest BCUT2D eigenvalue weighted by Crippen LogP contribution is -2.60. The molecule has 1 amide bonds. The molecule has 3 N–H and O–H groups in total. The van der Waals surface area contributed by atoms with Crippen LogP contribution in [-0.4, -0.2) is 31.2 Å². The number of amides is 1. The Morgan fingerprint density at radius 3 is 2.48 bits per heavy atom. The van der Waals surface area contributed by atoms with Gasteiger partial charge in [0.2, 0.25) is 5.91 Å². The molecule has 0 saturated heterocycles. The second kappa shape index (κ2) is 6.66. The third kappa shape index (κ3) is 3.59. The summed E-state index contributed by atoms with van der Waals surface area (Å²) in [4.78, 5) is 12.0. The third-order valence-corrected chi connectivity index (χ3v) is 5.65. The van der Waals surface area contributed by atoms with E-state index in [-0.39, 0.29) is 12.0 Å². The van der Waals surface area contributed by atoms with Crippen LogP contribution in [0, 0.1) is 23.7 Å². The molecule has 2 aliphatic rings. The fraction of sp³-hybridized carbons (Fsp3) is 0.941. The summed E-state index contributed by atoms with van der Waals surface area (Å²) in [6.45, 7) is 7.27. The molecule has 4 heteroatoms. The Balaban J connectivity index is 2.02. The van der Waals surface area contributed by atoms with Gasteiger partial charge in [0.05, 0.1) is 12.7 Å². The molecule has 0 heterocycles. The topological polar surface area (TPSA) is 64.3 Å². The normalized spacial score (nSPS) is 32.9. The van der Waals surface area contributed by atoms with Crippen molar-refractivity contribution in [3.8, 4) is 0 Å². The van der Waals surface area contributed by atoms with E-state index in [9.17, 15) is 4.79 Å². The number of primary amides is 1. The van der Waals surface area contributed by atoms with Crippen molar-refractivity contribution in [1.82, 2.24) is 5.32 Å². The first-order chi connectivity index (χ1) is 9.90. The van der Waals surface area contributed by atoms with Crippen LogP contribution in [0.1, 0.15) is 52.9 Å². The zero-order valence-electron chi connectivity index (χ0n) is 14.0. The molecule has 4 atom stereocenters. The number of hydrogen-bond donors (Lipinski definition) is 2. The third-order valence-electron chi connectivity index (χ3n) is 5.65. The van der Waals surface area contributed by atoms with Crippen molar-refractivity contribution in [2.75, 3.05) is 13.7 Å². The van der Waals surface area contributed by atoms with Crippen molar-refractivity contribution in [1.29, 1.82) is 0 Å². The van der Waals surface area contributed by atoms with E-state index in [1.165, 1.54) is 12.8 Å². The van der Waals surface area contributed by atoms with Crippen molar-refractivity contribution in [2.24, 2.45) is 29.4 Å². The summed E-state index contributed by atoms with van der Waals surface area (Å²) in [5.41, 5.74) is 5.01. The quantitative estimate of drug-likeness (QED) is 0.758. The molecule has 2 rings (SSSR count). The first-order valence-corrected chi connectivity index (χ1v) is 8.51. The van der Waals surface area contributed by atoms with Crippen LogP contribution in [0.2, 0.25) is 0 Å². The average molecular weight is 296 g/mol. The number of nitrogens with two attached hydrogens (primary N) is 1. The van der Waals surface area contributed by atoms with Crippen LogP contribution >= 0.6 is 0 Å². The number of carbonyl (C=O) groups is 1. The maximum atomic E-state index is 12.0. The Morgan fingerprint density at radius 2 is 2.00 bits per heavy atom. The van der Waals surface area contributed by atoms with Crippen LogP contribution in [0.5, 0.6) is 0 Å². The van der Waals surface area contributed by atoms with E-state index in [2.05, 4.69) is 26.1 Å². The van der Waals surface area contributed by atoms with Crippen LogP contribution in [0.25, 0.3) is 0 Å². The predicted octanol–water partition coefficient (Wildman–Crippen LogP) is 2.32. The van der Waals surface area contributed by atoms with E-state index >= 15 is 0 Å². The number of nitrogens with one attached hydrogen (secondary N) is 1. The summed E-state index contributed by atoms with van der Waals surface area (Å²) in [5.74, 6) is 2.02. The van der Waals surface area contributed by atoms with Crippen LogP contribution in [0.15, 0.2) is 0 Å². The minimum atomic E-state index is -0.664. The Kier molecular flexibility index (Phi) is 5.31. The van der Waals surface area contributed by atoms with Gasteiger partial charge < -0.3 is 15.8 Å². The van der Waals surface area contributed by atoms with E-state index in [1.807, 2.05) is 7.05 Å². The van der Waals surface area contributed by atoms with Gasteiger partial charge in [-0.05, 0) is 56.4 Å². The van der Waals surface area contributed by atoms with E-state index < -0.39 is 5.54 Å². The largest absolute Gasteiger partial charge is 0.375 e. The molecule has 0 aliphatic heterocycles. The van der Waals surface area contributed by atoms with Gasteiger partial charge in [0, 0.05) is 0 Å². The lowest BCUT2D eigenvalue weighted by Gasteiger charge is -2.39. The summed E-state index contributed by atoms with van der Waals surface area (Å²) in [6.07, 6.45) is 6.03. The maximum Gasteiger partial charge on any atom is 0.240 e. The number of rotatable bonds is 7. The average Bonchev–Trinajstić information content (AvgIpc) is 3.24. The molecule has 4 nitrogen and oxygen atoms in total. The highest BCUT2D eigenvalue weighted by Crippen LogP contribution is 2.41. The maximum absolute atomic E-state index is 12.0. The van der Waals surface area contributed by atoms with E-state index in [4.69, 9.17) is 10.5 Å². The number of ether oxygens (including phenoxy) is 1. The van der Waals surface area contributed by atoms with E-state index in [0.29, 0.717) is 30.3 Å². The Labute approximate surface area is 129 Å². The van der Waals surface area contributed by atoms with Crippen LogP contribution in [0.3, 0.4) is 0 Å². The van der Waals surface area contributed by atoms with Crippen molar-refractivity contribution in [3.63, 3.8) is 0 Å². The van der Waals surface area contributed by atoms with Gasteiger partial charge in [0.15, 0.2) is 0 Å². The number of carbonyl (C=O) groups excluding carboxylic acids is 1. The van der Waals surface area contributed by atoms with Gasteiger partial charge in [0.1, 0.15) is 5.54 Å². The first kappa shape index (κ1) is 16.8. The summed E-state index contributed by atoms with van der Waals surface area (Å²) in [7, 11) is 1.83.